The Labute approximate surface area is 142 Å². The maximum absolute atomic E-state index is 12.4. The lowest BCUT2D eigenvalue weighted by atomic mass is 10.1. The van der Waals surface area contributed by atoms with E-state index in [0.29, 0.717) is 10.8 Å². The van der Waals surface area contributed by atoms with Crippen molar-refractivity contribution in [3.8, 4) is 5.75 Å². The molecular weight excluding hydrogens is 343 g/mol. The third kappa shape index (κ3) is 5.45. The maximum Gasteiger partial charge on any atom is 0.416 e. The Kier molecular flexibility index (Phi) is 6.09. The van der Waals surface area contributed by atoms with Crippen LogP contribution in [-0.2, 0) is 17.4 Å². The molecule has 0 spiro atoms. The summed E-state index contributed by atoms with van der Waals surface area (Å²) in [7, 11) is 0. The predicted molar refractivity (Wildman–Crippen MR) is 85.1 cm³/mol. The smallest absolute Gasteiger partial charge is 0.416 e. The van der Waals surface area contributed by atoms with E-state index in [1.54, 1.807) is 24.3 Å². The zero-order chi connectivity index (χ0) is 17.6. The number of carbonyl (C=O) groups is 1. The van der Waals surface area contributed by atoms with Gasteiger partial charge in [-0.2, -0.15) is 13.2 Å². The second-order valence-corrected chi connectivity index (χ2v) is 5.40. The molecule has 0 atom stereocenters. The lowest BCUT2D eigenvalue weighted by Gasteiger charge is -2.10. The minimum absolute atomic E-state index is 0.152. The first-order valence-corrected chi connectivity index (χ1v) is 7.54. The number of alkyl halides is 3. The van der Waals surface area contributed by atoms with Crippen molar-refractivity contribution in [1.29, 1.82) is 0 Å². The number of ether oxygens (including phenoxy) is 1. The van der Waals surface area contributed by atoms with Gasteiger partial charge >= 0.3 is 6.18 Å². The van der Waals surface area contributed by atoms with Crippen LogP contribution < -0.4 is 10.1 Å². The number of carbonyl (C=O) groups excluding carboxylic acids is 1. The highest BCUT2D eigenvalue weighted by atomic mass is 35.5. The van der Waals surface area contributed by atoms with Crippen LogP contribution in [0, 0.1) is 0 Å². The molecule has 2 rings (SSSR count). The van der Waals surface area contributed by atoms with Crippen LogP contribution in [0.2, 0.25) is 5.02 Å². The third-order valence-electron chi connectivity index (χ3n) is 3.18. The van der Waals surface area contributed by atoms with E-state index < -0.39 is 11.7 Å². The van der Waals surface area contributed by atoms with E-state index >= 15 is 0 Å². The van der Waals surface area contributed by atoms with Crippen molar-refractivity contribution in [2.24, 2.45) is 0 Å². The van der Waals surface area contributed by atoms with Gasteiger partial charge in [0.1, 0.15) is 12.4 Å². The van der Waals surface area contributed by atoms with Crippen molar-refractivity contribution in [3.05, 3.63) is 64.7 Å². The van der Waals surface area contributed by atoms with Gasteiger partial charge in [0.25, 0.3) is 0 Å². The third-order valence-corrected chi connectivity index (χ3v) is 3.55. The Morgan fingerprint density at radius 1 is 1.08 bits per heavy atom. The molecule has 1 N–H and O–H groups in total. The Balaban J connectivity index is 1.73. The van der Waals surface area contributed by atoms with E-state index in [9.17, 15) is 18.0 Å². The lowest BCUT2D eigenvalue weighted by Crippen LogP contribution is -2.29. The van der Waals surface area contributed by atoms with Crippen LogP contribution in [0.4, 0.5) is 13.2 Å². The predicted octanol–water partition coefficient (Wildman–Crippen LogP) is 4.10. The van der Waals surface area contributed by atoms with Gasteiger partial charge in [-0.3, -0.25) is 4.79 Å². The summed E-state index contributed by atoms with van der Waals surface area (Å²) in [6.45, 7) is 0.393. The molecule has 3 nitrogen and oxygen atoms in total. The molecule has 2 aromatic carbocycles. The summed E-state index contributed by atoms with van der Waals surface area (Å²) in [5.41, 5.74) is -0.0109. The van der Waals surface area contributed by atoms with Gasteiger partial charge in [0.05, 0.1) is 18.5 Å². The van der Waals surface area contributed by atoms with Crippen molar-refractivity contribution in [3.63, 3.8) is 0 Å². The van der Waals surface area contributed by atoms with E-state index in [4.69, 9.17) is 16.3 Å². The summed E-state index contributed by atoms with van der Waals surface area (Å²) in [6.07, 6.45) is -4.22. The van der Waals surface area contributed by atoms with Crippen LogP contribution in [0.25, 0.3) is 0 Å². The first-order valence-electron chi connectivity index (χ1n) is 7.16. The number of halogens is 4. The Morgan fingerprint density at radius 3 is 2.38 bits per heavy atom. The van der Waals surface area contributed by atoms with Crippen LogP contribution >= 0.6 is 11.6 Å². The molecule has 0 aliphatic rings. The van der Waals surface area contributed by atoms with Crippen molar-refractivity contribution in [2.75, 3.05) is 13.2 Å². The molecule has 0 unspecified atom stereocenters. The molecule has 24 heavy (non-hydrogen) atoms. The summed E-state index contributed by atoms with van der Waals surface area (Å²) < 4.78 is 42.6. The zero-order valence-electron chi connectivity index (χ0n) is 12.6. The summed E-state index contributed by atoms with van der Waals surface area (Å²) in [6, 6.07) is 11.4. The van der Waals surface area contributed by atoms with Gasteiger partial charge < -0.3 is 10.1 Å². The average Bonchev–Trinajstić information content (AvgIpc) is 2.53. The topological polar surface area (TPSA) is 38.3 Å². The fourth-order valence-electron chi connectivity index (χ4n) is 1.98. The van der Waals surface area contributed by atoms with E-state index in [2.05, 4.69) is 5.32 Å². The molecule has 0 fully saturated rings. The summed E-state index contributed by atoms with van der Waals surface area (Å²) in [4.78, 5) is 11.8. The van der Waals surface area contributed by atoms with Gasteiger partial charge in [-0.15, -0.1) is 0 Å². The van der Waals surface area contributed by atoms with Crippen molar-refractivity contribution >= 4 is 17.5 Å². The lowest BCUT2D eigenvalue weighted by molar-refractivity contribution is -0.137. The van der Waals surface area contributed by atoms with Gasteiger partial charge in [0.15, 0.2) is 0 Å². The normalized spacial score (nSPS) is 11.2. The van der Waals surface area contributed by atoms with Crippen molar-refractivity contribution in [1.82, 2.24) is 5.32 Å². The van der Waals surface area contributed by atoms with Gasteiger partial charge in [-0.25, -0.2) is 0 Å². The first-order chi connectivity index (χ1) is 11.4. The van der Waals surface area contributed by atoms with Crippen LogP contribution in [0.5, 0.6) is 5.75 Å². The monoisotopic (exact) mass is 357 g/mol. The molecule has 128 valence electrons. The number of benzene rings is 2. The second-order valence-electron chi connectivity index (χ2n) is 4.99. The van der Waals surface area contributed by atoms with Crippen LogP contribution in [0.1, 0.15) is 11.1 Å². The van der Waals surface area contributed by atoms with E-state index in [-0.39, 0.29) is 25.5 Å². The van der Waals surface area contributed by atoms with Crippen molar-refractivity contribution in [2.45, 2.75) is 12.6 Å². The molecule has 0 saturated heterocycles. The molecule has 2 aromatic rings. The van der Waals surface area contributed by atoms with Gasteiger partial charge in [0.2, 0.25) is 5.91 Å². The zero-order valence-corrected chi connectivity index (χ0v) is 13.3. The minimum Gasteiger partial charge on any atom is -0.492 e. The maximum atomic E-state index is 12.4. The number of amides is 1. The highest BCUT2D eigenvalue weighted by molar-refractivity contribution is 6.31. The first kappa shape index (κ1) is 18.1. The van der Waals surface area contributed by atoms with Crippen LogP contribution in [0.3, 0.4) is 0 Å². The summed E-state index contributed by atoms with van der Waals surface area (Å²) >= 11 is 5.97. The van der Waals surface area contributed by atoms with E-state index in [1.165, 1.54) is 12.1 Å². The van der Waals surface area contributed by atoms with E-state index in [1.807, 2.05) is 0 Å². The Morgan fingerprint density at radius 2 is 1.75 bits per heavy atom. The number of rotatable bonds is 6. The fourth-order valence-corrected chi connectivity index (χ4v) is 2.18. The molecule has 0 bridgehead atoms. The molecule has 1 amide bonds. The number of hydrogen-bond acceptors (Lipinski definition) is 2. The Bertz CT molecular complexity index is 687. The molecule has 0 saturated carbocycles. The fraction of sp³-hybridized carbons (Fsp3) is 0.235. The van der Waals surface area contributed by atoms with E-state index in [0.717, 1.165) is 17.7 Å². The molecule has 0 aliphatic heterocycles. The highest BCUT2D eigenvalue weighted by Crippen LogP contribution is 2.30. The SMILES string of the molecule is O=C(Cc1ccccc1Cl)NCCOc1ccc(C(F)(F)F)cc1. The average molecular weight is 358 g/mol. The molecule has 0 heterocycles. The minimum atomic E-state index is -4.37. The largest absolute Gasteiger partial charge is 0.492 e. The van der Waals surface area contributed by atoms with Crippen LogP contribution in [0.15, 0.2) is 48.5 Å². The summed E-state index contributed by atoms with van der Waals surface area (Å²) in [5, 5.41) is 3.18. The van der Waals surface area contributed by atoms with Crippen LogP contribution in [-0.4, -0.2) is 19.1 Å². The summed E-state index contributed by atoms with van der Waals surface area (Å²) in [5.74, 6) is 0.0995. The standard InChI is InChI=1S/C17H15ClF3NO2/c18-15-4-2-1-3-12(15)11-16(23)22-9-10-24-14-7-5-13(6-8-14)17(19,20)21/h1-8H,9-11H2,(H,22,23). The molecule has 0 aliphatic carbocycles. The molecule has 7 heteroatoms. The number of nitrogens with one attached hydrogen (secondary N) is 1. The van der Waals surface area contributed by atoms with Gasteiger partial charge in [0, 0.05) is 5.02 Å². The second kappa shape index (κ2) is 8.06. The number of hydrogen-bond donors (Lipinski definition) is 1. The highest BCUT2D eigenvalue weighted by Gasteiger charge is 2.29. The molecular formula is C17H15ClF3NO2. The molecule has 0 radical (unpaired) electrons. The van der Waals surface area contributed by atoms with Crippen molar-refractivity contribution < 1.29 is 22.7 Å². The molecule has 0 aromatic heterocycles. The van der Waals surface area contributed by atoms with Gasteiger partial charge in [-0.05, 0) is 35.9 Å². The van der Waals surface area contributed by atoms with Gasteiger partial charge in [-0.1, -0.05) is 29.8 Å². The Hall–Kier alpha value is -2.21. The quantitative estimate of drug-likeness (QED) is 0.791.